The molecule has 0 amide bonds. The Labute approximate surface area is 229 Å². The molecule has 4 aromatic rings. The van der Waals surface area contributed by atoms with Crippen LogP contribution in [-0.4, -0.2) is 27.2 Å². The topological polar surface area (TPSA) is 89.5 Å². The number of carbonyl (C=O) groups excluding carboxylic acids is 1. The van der Waals surface area contributed by atoms with Crippen molar-refractivity contribution in [1.29, 1.82) is 5.26 Å². The molecule has 0 saturated heterocycles. The van der Waals surface area contributed by atoms with Crippen LogP contribution in [0.25, 0.3) is 16.8 Å². The van der Waals surface area contributed by atoms with E-state index in [1.807, 2.05) is 54.7 Å². The summed E-state index contributed by atoms with van der Waals surface area (Å²) in [7, 11) is 0. The van der Waals surface area contributed by atoms with Crippen LogP contribution in [0, 0.1) is 23.2 Å². The second kappa shape index (κ2) is 12.8. The summed E-state index contributed by atoms with van der Waals surface area (Å²) >= 11 is 0. The van der Waals surface area contributed by atoms with Gasteiger partial charge in [0.2, 0.25) is 0 Å². The Balaban J connectivity index is 1.60. The fourth-order valence-corrected chi connectivity index (χ4v) is 4.38. The summed E-state index contributed by atoms with van der Waals surface area (Å²) in [5, 5.41) is 14.1. The molecule has 7 heteroatoms. The van der Waals surface area contributed by atoms with Crippen molar-refractivity contribution >= 4 is 11.6 Å². The summed E-state index contributed by atoms with van der Waals surface area (Å²) in [6.07, 6.45) is 2.45. The van der Waals surface area contributed by atoms with Crippen LogP contribution in [-0.2, 0) is 22.6 Å². The molecule has 0 fully saturated rings. The Morgan fingerprint density at radius 3 is 2.56 bits per heavy atom. The SMILES string of the molecule is CC#C[C@@H](CC(=O)OCC)c1ccc(OCc2cc(-c3ccccc3CC#N)c3nc(C(C)C)nn3c2)cc1. The van der Waals surface area contributed by atoms with Gasteiger partial charge in [-0.3, -0.25) is 4.79 Å². The Morgan fingerprint density at radius 2 is 1.87 bits per heavy atom. The molecule has 39 heavy (non-hydrogen) atoms. The summed E-state index contributed by atoms with van der Waals surface area (Å²) in [5.41, 5.74) is 5.43. The minimum atomic E-state index is -0.262. The van der Waals surface area contributed by atoms with Crippen LogP contribution >= 0.6 is 0 Å². The first-order valence-corrected chi connectivity index (χ1v) is 13.1. The lowest BCUT2D eigenvalue weighted by atomic mass is 9.96. The first kappa shape index (κ1) is 27.4. The van der Waals surface area contributed by atoms with Crippen LogP contribution in [0.15, 0.2) is 60.8 Å². The highest BCUT2D eigenvalue weighted by Crippen LogP contribution is 2.30. The van der Waals surface area contributed by atoms with Crippen LogP contribution in [0.4, 0.5) is 0 Å². The highest BCUT2D eigenvalue weighted by molar-refractivity contribution is 5.80. The third kappa shape index (κ3) is 6.64. The largest absolute Gasteiger partial charge is 0.489 e. The highest BCUT2D eigenvalue weighted by Gasteiger charge is 2.17. The smallest absolute Gasteiger partial charge is 0.307 e. The Kier molecular flexibility index (Phi) is 8.97. The van der Waals surface area contributed by atoms with E-state index in [0.717, 1.165) is 39.3 Å². The van der Waals surface area contributed by atoms with Gasteiger partial charge >= 0.3 is 5.97 Å². The summed E-state index contributed by atoms with van der Waals surface area (Å²) in [6.45, 7) is 8.36. The second-order valence-electron chi connectivity index (χ2n) is 9.46. The molecule has 0 unspecified atom stereocenters. The van der Waals surface area contributed by atoms with Crippen molar-refractivity contribution in [2.75, 3.05) is 6.61 Å². The van der Waals surface area contributed by atoms with Gasteiger partial charge in [-0.2, -0.15) is 10.4 Å². The van der Waals surface area contributed by atoms with Crippen molar-refractivity contribution in [1.82, 2.24) is 14.6 Å². The van der Waals surface area contributed by atoms with Crippen molar-refractivity contribution in [3.8, 4) is 34.8 Å². The van der Waals surface area contributed by atoms with Gasteiger partial charge in [-0.05, 0) is 48.7 Å². The monoisotopic (exact) mass is 520 g/mol. The second-order valence-corrected chi connectivity index (χ2v) is 9.46. The molecular formula is C32H32N4O3. The Bertz CT molecular complexity index is 1550. The molecule has 0 aliphatic heterocycles. The first-order chi connectivity index (χ1) is 18.9. The van der Waals surface area contributed by atoms with Crippen molar-refractivity contribution in [3.63, 3.8) is 0 Å². The van der Waals surface area contributed by atoms with Gasteiger partial charge in [0.05, 0.1) is 31.4 Å². The number of aromatic nitrogens is 3. The number of benzene rings is 2. The molecule has 7 nitrogen and oxygen atoms in total. The van der Waals surface area contributed by atoms with E-state index in [0.29, 0.717) is 25.4 Å². The van der Waals surface area contributed by atoms with Gasteiger partial charge < -0.3 is 9.47 Å². The Hall–Kier alpha value is -4.62. The van der Waals surface area contributed by atoms with Crippen LogP contribution < -0.4 is 4.74 Å². The average Bonchev–Trinajstić information content (AvgIpc) is 3.37. The molecule has 0 N–H and O–H groups in total. The lowest BCUT2D eigenvalue weighted by molar-refractivity contribution is -0.143. The molecule has 4 rings (SSSR count). The van der Waals surface area contributed by atoms with Gasteiger partial charge in [-0.25, -0.2) is 9.50 Å². The molecule has 2 aromatic carbocycles. The summed E-state index contributed by atoms with van der Waals surface area (Å²) < 4.78 is 13.0. The number of nitrogens with zero attached hydrogens (tertiary/aromatic N) is 4. The zero-order chi connectivity index (χ0) is 27.8. The number of hydrogen-bond acceptors (Lipinski definition) is 6. The van der Waals surface area contributed by atoms with Gasteiger partial charge in [-0.1, -0.05) is 56.2 Å². The zero-order valence-electron chi connectivity index (χ0n) is 22.8. The highest BCUT2D eigenvalue weighted by atomic mass is 16.5. The predicted molar refractivity (Wildman–Crippen MR) is 150 cm³/mol. The molecule has 198 valence electrons. The predicted octanol–water partition coefficient (Wildman–Crippen LogP) is 6.22. The van der Waals surface area contributed by atoms with Crippen molar-refractivity contribution in [2.45, 2.75) is 59.0 Å². The maximum Gasteiger partial charge on any atom is 0.307 e. The fourth-order valence-electron chi connectivity index (χ4n) is 4.38. The number of rotatable bonds is 10. The first-order valence-electron chi connectivity index (χ1n) is 13.1. The lowest BCUT2D eigenvalue weighted by Gasteiger charge is -2.13. The number of pyridine rings is 1. The van der Waals surface area contributed by atoms with E-state index in [2.05, 4.69) is 37.8 Å². The number of fused-ring (bicyclic) bond motifs is 1. The van der Waals surface area contributed by atoms with Gasteiger partial charge in [0.25, 0.3) is 0 Å². The molecule has 1 atom stereocenters. The molecule has 2 aromatic heterocycles. The molecule has 0 spiro atoms. The third-order valence-corrected chi connectivity index (χ3v) is 6.28. The third-order valence-electron chi connectivity index (χ3n) is 6.28. The number of nitriles is 1. The molecule has 0 radical (unpaired) electrons. The lowest BCUT2D eigenvalue weighted by Crippen LogP contribution is -2.09. The molecular weight excluding hydrogens is 488 g/mol. The van der Waals surface area contributed by atoms with Crippen molar-refractivity contribution in [3.05, 3.63) is 83.3 Å². The minimum absolute atomic E-state index is 0.176. The summed E-state index contributed by atoms with van der Waals surface area (Å²) in [6, 6.07) is 19.9. The van der Waals surface area contributed by atoms with E-state index in [4.69, 9.17) is 19.6 Å². The van der Waals surface area contributed by atoms with Crippen LogP contribution in [0.3, 0.4) is 0 Å². The van der Waals surface area contributed by atoms with Gasteiger partial charge in [0.1, 0.15) is 12.4 Å². The van der Waals surface area contributed by atoms with Crippen LogP contribution in [0.1, 0.15) is 68.5 Å². The van der Waals surface area contributed by atoms with Crippen LogP contribution in [0.5, 0.6) is 5.75 Å². The maximum absolute atomic E-state index is 12.0. The van der Waals surface area contributed by atoms with E-state index >= 15 is 0 Å². The van der Waals surface area contributed by atoms with E-state index < -0.39 is 0 Å². The summed E-state index contributed by atoms with van der Waals surface area (Å²) in [4.78, 5) is 16.8. The molecule has 0 aliphatic rings. The van der Waals surface area contributed by atoms with Crippen molar-refractivity contribution < 1.29 is 14.3 Å². The minimum Gasteiger partial charge on any atom is -0.489 e. The molecule has 2 heterocycles. The molecule has 0 saturated carbocycles. The standard InChI is InChI=1S/C32H32N4O3/c1-5-9-26(19-30(37)38-6-2)24-12-14-27(15-13-24)39-21-23-18-29(28-11-8-7-10-25(28)16-17-33)32-34-31(22(3)4)35-36(32)20-23/h7-8,10-15,18,20,22,26H,6,16,19,21H2,1-4H3/t26-/m0/s1. The van der Waals surface area contributed by atoms with E-state index in [-0.39, 0.29) is 24.2 Å². The summed E-state index contributed by atoms with van der Waals surface area (Å²) in [5.74, 6) is 7.15. The zero-order valence-corrected chi connectivity index (χ0v) is 22.8. The van der Waals surface area contributed by atoms with Gasteiger partial charge in [-0.15, -0.1) is 5.92 Å². The van der Waals surface area contributed by atoms with Gasteiger partial charge in [0, 0.05) is 23.2 Å². The molecule has 0 aliphatic carbocycles. The normalized spacial score (nSPS) is 11.5. The fraction of sp³-hybridized carbons (Fsp3) is 0.312. The maximum atomic E-state index is 12.0. The molecule has 0 bridgehead atoms. The number of hydrogen-bond donors (Lipinski definition) is 0. The number of ether oxygens (including phenoxy) is 2. The van der Waals surface area contributed by atoms with Crippen molar-refractivity contribution in [2.24, 2.45) is 0 Å². The van der Waals surface area contributed by atoms with E-state index in [1.165, 1.54) is 0 Å². The van der Waals surface area contributed by atoms with E-state index in [1.54, 1.807) is 18.4 Å². The number of carbonyl (C=O) groups is 1. The quantitative estimate of drug-likeness (QED) is 0.182. The number of esters is 1. The van der Waals surface area contributed by atoms with Crippen LogP contribution in [0.2, 0.25) is 0 Å². The van der Waals surface area contributed by atoms with E-state index in [9.17, 15) is 10.1 Å². The average molecular weight is 521 g/mol. The Morgan fingerprint density at radius 1 is 1.10 bits per heavy atom. The van der Waals surface area contributed by atoms with Gasteiger partial charge in [0.15, 0.2) is 11.5 Å².